The lowest BCUT2D eigenvalue weighted by molar-refractivity contribution is -0.122. The second-order valence-corrected chi connectivity index (χ2v) is 12.6. The van der Waals surface area contributed by atoms with Gasteiger partial charge in [0.1, 0.15) is 5.75 Å². The fraction of sp³-hybridized carbons (Fsp3) is 0.289. The topological polar surface area (TPSA) is 100.0 Å². The molecule has 3 aliphatic rings. The van der Waals surface area contributed by atoms with Gasteiger partial charge in [0.25, 0.3) is 0 Å². The molecule has 2 fully saturated rings. The number of aromatic hydroxyl groups is 1. The normalized spacial score (nSPS) is 23.2. The van der Waals surface area contributed by atoms with E-state index in [1.165, 1.54) is 10.5 Å². The highest BCUT2D eigenvalue weighted by molar-refractivity contribution is 6.43. The van der Waals surface area contributed by atoms with Gasteiger partial charge in [-0.15, -0.1) is 0 Å². The molecule has 2 aliphatic heterocycles. The molecule has 7 rings (SSSR count). The van der Waals surface area contributed by atoms with Crippen molar-refractivity contribution in [2.45, 2.75) is 51.5 Å². The van der Waals surface area contributed by atoms with Gasteiger partial charge in [-0.25, -0.2) is 0 Å². The highest BCUT2D eigenvalue weighted by atomic mass is 16.5. The summed E-state index contributed by atoms with van der Waals surface area (Å²) in [4.78, 5) is 33.8. The molecule has 3 heterocycles. The molecule has 0 radical (unpaired) electrons. The van der Waals surface area contributed by atoms with E-state index in [9.17, 15) is 19.7 Å². The van der Waals surface area contributed by atoms with E-state index in [0.29, 0.717) is 31.3 Å². The predicted octanol–water partition coefficient (Wildman–Crippen LogP) is 7.06. The van der Waals surface area contributed by atoms with E-state index in [4.69, 9.17) is 4.65 Å². The van der Waals surface area contributed by atoms with Crippen LogP contribution in [0.3, 0.4) is 0 Å². The number of carbonyl (C=O) groups is 2. The van der Waals surface area contributed by atoms with Gasteiger partial charge in [-0.1, -0.05) is 73.5 Å². The first-order chi connectivity index (χ1) is 22.4. The number of carbonyl (C=O) groups excluding carboxylic acids is 2. The number of amides is 2. The number of rotatable bonds is 8. The number of fused-ring (bicyclic) bond motifs is 4. The van der Waals surface area contributed by atoms with Crippen LogP contribution >= 0.6 is 0 Å². The summed E-state index contributed by atoms with van der Waals surface area (Å²) in [7, 11) is -1.03. The first-order valence-electron chi connectivity index (χ1n) is 16.3. The molecule has 7 nitrogen and oxygen atoms in total. The van der Waals surface area contributed by atoms with Crippen LogP contribution in [0.5, 0.6) is 5.75 Å². The number of benzene rings is 3. The minimum absolute atomic E-state index is 0.145. The van der Waals surface area contributed by atoms with Gasteiger partial charge < -0.3 is 14.8 Å². The highest BCUT2D eigenvalue weighted by Crippen LogP contribution is 2.52. The molecule has 0 saturated carbocycles. The molecule has 2 N–H and O–H groups in total. The van der Waals surface area contributed by atoms with Crippen molar-refractivity contribution in [1.29, 1.82) is 0 Å². The SMILES string of the molecule is CCCC1=C2[C@@H](CC/C(=C/c3ccc(O)c4ccccc34)c3ccccn3)OB(O)C[C@@H]2[C@@H]2C(=O)N(c3ccccc3)C(=O)[C@@H]2C1. The molecular formula is C38H37BN2O5. The maximum absolute atomic E-state index is 14.0. The molecule has 1 aromatic heterocycles. The van der Waals surface area contributed by atoms with E-state index in [-0.39, 0.29) is 23.5 Å². The van der Waals surface area contributed by atoms with E-state index < -0.39 is 25.1 Å². The Kier molecular flexibility index (Phi) is 8.32. The zero-order valence-electron chi connectivity index (χ0n) is 25.9. The summed E-state index contributed by atoms with van der Waals surface area (Å²) >= 11 is 0. The smallest absolute Gasteiger partial charge is 0.455 e. The van der Waals surface area contributed by atoms with E-state index in [1.54, 1.807) is 24.4 Å². The molecule has 0 spiro atoms. The fourth-order valence-electron chi connectivity index (χ4n) is 7.87. The van der Waals surface area contributed by atoms with Gasteiger partial charge in [0, 0.05) is 11.6 Å². The van der Waals surface area contributed by atoms with Gasteiger partial charge in [-0.2, -0.15) is 0 Å². The van der Waals surface area contributed by atoms with Crippen molar-refractivity contribution in [1.82, 2.24) is 4.98 Å². The largest absolute Gasteiger partial charge is 0.507 e. The van der Waals surface area contributed by atoms with Gasteiger partial charge in [0.05, 0.1) is 29.3 Å². The van der Waals surface area contributed by atoms with Crippen LogP contribution < -0.4 is 4.90 Å². The van der Waals surface area contributed by atoms with Crippen LogP contribution in [0, 0.1) is 17.8 Å². The molecule has 2 amide bonds. The third-order valence-electron chi connectivity index (χ3n) is 9.81. The lowest BCUT2D eigenvalue weighted by Gasteiger charge is -2.43. The summed E-state index contributed by atoms with van der Waals surface area (Å²) in [6.07, 6.45) is 7.26. The standard InChI is InChI=1S/C38H37BN2O5/c1-2-10-26-22-30-36(38(44)41(37(30)43)27-11-4-3-5-12-27)31-23-39(45)46-34(35(26)31)19-17-25(32-15-8-9-20-40-32)21-24-16-18-33(42)29-14-7-6-13-28(24)29/h3-9,11-16,18,20-21,30-31,34,36,42,45H,2,10,17,19,22-23H2,1H3/b25-21-/t30-,31+,34-,36-/m1/s1. The van der Waals surface area contributed by atoms with Crippen molar-refractivity contribution in [3.8, 4) is 5.75 Å². The average Bonchev–Trinajstić information content (AvgIpc) is 3.33. The van der Waals surface area contributed by atoms with Crippen molar-refractivity contribution in [3.05, 3.63) is 114 Å². The summed E-state index contributed by atoms with van der Waals surface area (Å²) < 4.78 is 6.28. The molecule has 1 aliphatic carbocycles. The quantitative estimate of drug-likeness (QED) is 0.126. The molecule has 46 heavy (non-hydrogen) atoms. The van der Waals surface area contributed by atoms with Gasteiger partial charge in [-0.05, 0) is 96.4 Å². The number of aromatic nitrogens is 1. The monoisotopic (exact) mass is 612 g/mol. The summed E-state index contributed by atoms with van der Waals surface area (Å²) in [5, 5.41) is 23.3. The van der Waals surface area contributed by atoms with Crippen molar-refractivity contribution < 1.29 is 24.4 Å². The minimum atomic E-state index is -1.03. The van der Waals surface area contributed by atoms with Gasteiger partial charge in [-0.3, -0.25) is 19.5 Å². The first kappa shape index (κ1) is 30.1. The van der Waals surface area contributed by atoms with Crippen LogP contribution in [-0.2, 0) is 14.2 Å². The highest BCUT2D eigenvalue weighted by Gasteiger charge is 2.57. The summed E-state index contributed by atoms with van der Waals surface area (Å²) in [5.41, 5.74) is 5.70. The van der Waals surface area contributed by atoms with Crippen molar-refractivity contribution in [3.63, 3.8) is 0 Å². The Hall–Kier alpha value is -4.53. The van der Waals surface area contributed by atoms with Crippen LogP contribution in [-0.4, -0.2) is 40.2 Å². The molecule has 2 saturated heterocycles. The van der Waals surface area contributed by atoms with Gasteiger partial charge >= 0.3 is 7.12 Å². The maximum Gasteiger partial charge on any atom is 0.455 e. The average molecular weight is 613 g/mol. The third kappa shape index (κ3) is 5.46. The van der Waals surface area contributed by atoms with Crippen LogP contribution in [0.1, 0.15) is 50.3 Å². The zero-order valence-corrected chi connectivity index (χ0v) is 25.9. The van der Waals surface area contributed by atoms with E-state index in [2.05, 4.69) is 18.0 Å². The molecular weight excluding hydrogens is 575 g/mol. The minimum Gasteiger partial charge on any atom is -0.507 e. The van der Waals surface area contributed by atoms with Crippen LogP contribution in [0.15, 0.2) is 102 Å². The number of nitrogens with zero attached hydrogens (tertiary/aromatic N) is 2. The maximum atomic E-state index is 14.0. The summed E-state index contributed by atoms with van der Waals surface area (Å²) in [5.74, 6) is -1.30. The molecule has 4 aromatic rings. The number of hydrogen-bond acceptors (Lipinski definition) is 6. The number of pyridine rings is 1. The fourth-order valence-corrected chi connectivity index (χ4v) is 7.87. The Balaban J connectivity index is 1.24. The van der Waals surface area contributed by atoms with Gasteiger partial charge in [0.2, 0.25) is 11.8 Å². The van der Waals surface area contributed by atoms with Crippen LogP contribution in [0.25, 0.3) is 22.4 Å². The number of anilines is 1. The van der Waals surface area contributed by atoms with Crippen molar-refractivity contribution in [2.24, 2.45) is 17.8 Å². The number of phenolic OH excluding ortho intramolecular Hbond substituents is 1. The summed E-state index contributed by atoms with van der Waals surface area (Å²) in [6, 6.07) is 26.4. The Morgan fingerprint density at radius 1 is 0.957 bits per heavy atom. The molecule has 4 atom stereocenters. The Morgan fingerprint density at radius 2 is 1.72 bits per heavy atom. The number of phenols is 1. The van der Waals surface area contributed by atoms with E-state index in [0.717, 1.165) is 46.0 Å². The molecule has 0 unspecified atom stereocenters. The molecule has 232 valence electrons. The van der Waals surface area contributed by atoms with Crippen LogP contribution in [0.4, 0.5) is 5.69 Å². The van der Waals surface area contributed by atoms with Gasteiger partial charge in [0.15, 0.2) is 0 Å². The first-order valence-corrected chi connectivity index (χ1v) is 16.3. The predicted molar refractivity (Wildman–Crippen MR) is 181 cm³/mol. The Morgan fingerprint density at radius 3 is 2.48 bits per heavy atom. The molecule has 8 heteroatoms. The van der Waals surface area contributed by atoms with Crippen molar-refractivity contribution >= 4 is 47.0 Å². The number of para-hydroxylation sites is 1. The second kappa shape index (κ2) is 12.7. The summed E-state index contributed by atoms with van der Waals surface area (Å²) in [6.45, 7) is 2.13. The third-order valence-corrected chi connectivity index (χ3v) is 9.81. The Labute approximate surface area is 269 Å². The lowest BCUT2D eigenvalue weighted by atomic mass is 9.58. The second-order valence-electron chi connectivity index (χ2n) is 12.6. The molecule has 3 aromatic carbocycles. The van der Waals surface area contributed by atoms with Crippen LogP contribution in [0.2, 0.25) is 6.32 Å². The number of hydrogen-bond donors (Lipinski definition) is 2. The van der Waals surface area contributed by atoms with Crippen molar-refractivity contribution in [2.75, 3.05) is 4.90 Å². The lowest BCUT2D eigenvalue weighted by Crippen LogP contribution is -2.46. The molecule has 0 bridgehead atoms. The zero-order chi connectivity index (χ0) is 31.8. The van der Waals surface area contributed by atoms with E-state index >= 15 is 0 Å². The number of imide groups is 1. The van der Waals surface area contributed by atoms with E-state index in [1.807, 2.05) is 66.7 Å². The Bertz CT molecular complexity index is 1840. The number of allylic oxidation sites excluding steroid dienone is 2.